The van der Waals surface area contributed by atoms with Crippen LogP contribution < -0.4 is 14.9 Å². The SMILES string of the molecule is CCN[Si](NCC)(NC1CCCC1)C1CCCC1. The van der Waals surface area contributed by atoms with E-state index in [0.29, 0.717) is 0 Å². The largest absolute Gasteiger partial charge is 0.313 e. The van der Waals surface area contributed by atoms with Crippen molar-refractivity contribution in [3.05, 3.63) is 0 Å². The molecule has 0 amide bonds. The standard InChI is InChI=1S/C14H31N3Si/c1-3-15-18(16-4-2,14-11-7-8-12-14)17-13-9-5-6-10-13/h13-17H,3-12H2,1-2H3. The van der Waals surface area contributed by atoms with Crippen molar-refractivity contribution in [2.45, 2.75) is 76.8 Å². The Morgan fingerprint density at radius 3 is 1.83 bits per heavy atom. The summed E-state index contributed by atoms with van der Waals surface area (Å²) < 4.78 is 0. The van der Waals surface area contributed by atoms with Gasteiger partial charge < -0.3 is 14.9 Å². The Balaban J connectivity index is 2.06. The molecule has 2 aliphatic rings. The smallest absolute Gasteiger partial charge is 0.284 e. The summed E-state index contributed by atoms with van der Waals surface area (Å²) >= 11 is 0. The van der Waals surface area contributed by atoms with Crippen LogP contribution >= 0.6 is 0 Å². The van der Waals surface area contributed by atoms with Crippen LogP contribution in [0, 0.1) is 0 Å². The first kappa shape index (κ1) is 14.5. The second kappa shape index (κ2) is 7.03. The Labute approximate surface area is 114 Å². The molecule has 3 N–H and O–H groups in total. The summed E-state index contributed by atoms with van der Waals surface area (Å²) in [6.45, 7) is 6.69. The maximum Gasteiger partial charge on any atom is 0.284 e. The monoisotopic (exact) mass is 269 g/mol. The maximum absolute atomic E-state index is 4.09. The number of nitrogens with one attached hydrogen (secondary N) is 3. The summed E-state index contributed by atoms with van der Waals surface area (Å²) in [5, 5.41) is 0. The highest BCUT2D eigenvalue weighted by Crippen LogP contribution is 2.36. The molecule has 2 aliphatic carbocycles. The zero-order valence-corrected chi connectivity index (χ0v) is 13.2. The van der Waals surface area contributed by atoms with Crippen molar-refractivity contribution in [1.29, 1.82) is 0 Å². The molecule has 2 rings (SSSR count). The van der Waals surface area contributed by atoms with Gasteiger partial charge in [-0.05, 0) is 44.3 Å². The van der Waals surface area contributed by atoms with Gasteiger partial charge >= 0.3 is 0 Å². The molecule has 0 radical (unpaired) electrons. The molecule has 4 heteroatoms. The molecule has 2 fully saturated rings. The highest BCUT2D eigenvalue weighted by Gasteiger charge is 2.44. The van der Waals surface area contributed by atoms with E-state index in [0.717, 1.165) is 24.7 Å². The van der Waals surface area contributed by atoms with Gasteiger partial charge in [0, 0.05) is 6.04 Å². The lowest BCUT2D eigenvalue weighted by atomic mass is 10.3. The summed E-state index contributed by atoms with van der Waals surface area (Å²) in [6.07, 6.45) is 11.3. The molecule has 0 aromatic heterocycles. The average Bonchev–Trinajstić information content (AvgIpc) is 3.02. The maximum atomic E-state index is 4.09. The van der Waals surface area contributed by atoms with Gasteiger partial charge in [-0.25, -0.2) is 0 Å². The van der Waals surface area contributed by atoms with Crippen LogP contribution in [0.3, 0.4) is 0 Å². The fraction of sp³-hybridized carbons (Fsp3) is 1.00. The minimum atomic E-state index is -1.68. The number of rotatable bonds is 7. The van der Waals surface area contributed by atoms with Gasteiger partial charge in [0.25, 0.3) is 8.56 Å². The summed E-state index contributed by atoms with van der Waals surface area (Å²) in [6, 6.07) is 0.773. The van der Waals surface area contributed by atoms with Gasteiger partial charge in [0.2, 0.25) is 0 Å². The Morgan fingerprint density at radius 2 is 1.33 bits per heavy atom. The number of hydrogen-bond acceptors (Lipinski definition) is 3. The van der Waals surface area contributed by atoms with E-state index in [2.05, 4.69) is 28.8 Å². The third-order valence-corrected chi connectivity index (χ3v) is 9.15. The van der Waals surface area contributed by atoms with Crippen LogP contribution in [0.25, 0.3) is 0 Å². The van der Waals surface area contributed by atoms with E-state index in [1.807, 2.05) is 0 Å². The molecule has 3 nitrogen and oxygen atoms in total. The van der Waals surface area contributed by atoms with E-state index >= 15 is 0 Å². The third kappa shape index (κ3) is 3.35. The van der Waals surface area contributed by atoms with Crippen molar-refractivity contribution in [2.24, 2.45) is 0 Å². The van der Waals surface area contributed by atoms with Gasteiger partial charge in [-0.2, -0.15) is 0 Å². The summed E-state index contributed by atoms with van der Waals surface area (Å²) in [5.74, 6) is 0. The Morgan fingerprint density at radius 1 is 0.833 bits per heavy atom. The molecule has 0 unspecified atom stereocenters. The van der Waals surface area contributed by atoms with Crippen molar-refractivity contribution in [2.75, 3.05) is 13.1 Å². The van der Waals surface area contributed by atoms with Gasteiger partial charge in [-0.15, -0.1) is 0 Å². The van der Waals surface area contributed by atoms with Gasteiger partial charge in [0.1, 0.15) is 0 Å². The summed E-state index contributed by atoms with van der Waals surface area (Å²) in [4.78, 5) is 11.9. The molecule has 0 aromatic carbocycles. The highest BCUT2D eigenvalue weighted by atomic mass is 28.4. The van der Waals surface area contributed by atoms with Gasteiger partial charge in [-0.3, -0.25) is 0 Å². The second-order valence-electron chi connectivity index (χ2n) is 5.98. The molecule has 0 aliphatic heterocycles. The summed E-state index contributed by atoms with van der Waals surface area (Å²) in [5.41, 5.74) is 0.887. The molecule has 18 heavy (non-hydrogen) atoms. The lowest BCUT2D eigenvalue weighted by Crippen LogP contribution is -2.76. The van der Waals surface area contributed by atoms with Crippen LogP contribution in [0.4, 0.5) is 0 Å². The molecule has 0 bridgehead atoms. The van der Waals surface area contributed by atoms with Crippen LogP contribution in [-0.4, -0.2) is 27.7 Å². The van der Waals surface area contributed by atoms with Gasteiger partial charge in [-0.1, -0.05) is 39.5 Å². The van der Waals surface area contributed by atoms with Crippen LogP contribution in [0.1, 0.15) is 65.2 Å². The Bertz CT molecular complexity index is 229. The van der Waals surface area contributed by atoms with Crippen molar-refractivity contribution in [3.63, 3.8) is 0 Å². The van der Waals surface area contributed by atoms with Crippen LogP contribution in [0.2, 0.25) is 5.54 Å². The van der Waals surface area contributed by atoms with Crippen LogP contribution in [-0.2, 0) is 0 Å². The van der Waals surface area contributed by atoms with Gasteiger partial charge in [0.15, 0.2) is 0 Å². The Kier molecular flexibility index (Phi) is 5.67. The van der Waals surface area contributed by atoms with E-state index in [-0.39, 0.29) is 0 Å². The normalized spacial score (nSPS) is 23.0. The van der Waals surface area contributed by atoms with Crippen molar-refractivity contribution >= 4 is 8.56 Å². The zero-order chi connectivity index (χ0) is 12.8. The molecule has 0 atom stereocenters. The Hall–Kier alpha value is 0.0969. The van der Waals surface area contributed by atoms with Crippen molar-refractivity contribution < 1.29 is 0 Å². The molecular weight excluding hydrogens is 238 g/mol. The summed E-state index contributed by atoms with van der Waals surface area (Å²) in [7, 11) is -1.68. The molecule has 0 aromatic rings. The fourth-order valence-corrected chi connectivity index (χ4v) is 8.34. The predicted octanol–water partition coefficient (Wildman–Crippen LogP) is 2.62. The van der Waals surface area contributed by atoms with E-state index in [9.17, 15) is 0 Å². The first-order chi connectivity index (χ1) is 8.80. The molecule has 2 saturated carbocycles. The lowest BCUT2D eigenvalue weighted by molar-refractivity contribution is 0.573. The minimum absolute atomic E-state index is 0.773. The van der Waals surface area contributed by atoms with Crippen molar-refractivity contribution in [1.82, 2.24) is 14.9 Å². The lowest BCUT2D eigenvalue weighted by Gasteiger charge is -2.40. The first-order valence-electron chi connectivity index (χ1n) is 8.08. The first-order valence-corrected chi connectivity index (χ1v) is 10.2. The van der Waals surface area contributed by atoms with Crippen molar-refractivity contribution in [3.8, 4) is 0 Å². The fourth-order valence-electron chi connectivity index (χ4n) is 3.88. The average molecular weight is 270 g/mol. The number of hydrogen-bond donors (Lipinski definition) is 3. The quantitative estimate of drug-likeness (QED) is 0.622. The topological polar surface area (TPSA) is 36.1 Å². The van der Waals surface area contributed by atoms with Gasteiger partial charge in [0.05, 0.1) is 0 Å². The van der Waals surface area contributed by atoms with Crippen LogP contribution in [0.15, 0.2) is 0 Å². The molecule has 0 heterocycles. The molecule has 0 saturated heterocycles. The second-order valence-corrected chi connectivity index (χ2v) is 9.40. The predicted molar refractivity (Wildman–Crippen MR) is 80.7 cm³/mol. The van der Waals surface area contributed by atoms with E-state index in [4.69, 9.17) is 0 Å². The molecule has 106 valence electrons. The van der Waals surface area contributed by atoms with E-state index in [1.165, 1.54) is 51.4 Å². The van der Waals surface area contributed by atoms with Crippen LogP contribution in [0.5, 0.6) is 0 Å². The minimum Gasteiger partial charge on any atom is -0.313 e. The highest BCUT2D eigenvalue weighted by molar-refractivity contribution is 6.74. The molecule has 0 spiro atoms. The molecular formula is C14H31N3Si. The third-order valence-electron chi connectivity index (χ3n) is 4.67. The zero-order valence-electron chi connectivity index (χ0n) is 12.2. The van der Waals surface area contributed by atoms with E-state index < -0.39 is 8.56 Å². The van der Waals surface area contributed by atoms with E-state index in [1.54, 1.807) is 0 Å².